The number of hydrogen-bond acceptors (Lipinski definition) is 10. The van der Waals surface area contributed by atoms with Gasteiger partial charge in [-0.3, -0.25) is 9.97 Å². The number of nitriles is 1. The van der Waals surface area contributed by atoms with Gasteiger partial charge >= 0.3 is 0 Å². The van der Waals surface area contributed by atoms with Crippen molar-refractivity contribution in [1.29, 1.82) is 5.26 Å². The van der Waals surface area contributed by atoms with Crippen molar-refractivity contribution >= 4 is 39.9 Å². The van der Waals surface area contributed by atoms with Crippen LogP contribution < -0.4 is 5.73 Å². The van der Waals surface area contributed by atoms with Gasteiger partial charge < -0.3 is 5.73 Å². The van der Waals surface area contributed by atoms with E-state index in [0.29, 0.717) is 16.4 Å². The molecule has 0 fully saturated rings. The monoisotopic (exact) mass is 590 g/mol. The fraction of sp³-hybridized carbons (Fsp3) is 0.0667. The topological polar surface area (TPSA) is 127 Å². The van der Waals surface area contributed by atoms with Gasteiger partial charge in [0.15, 0.2) is 0 Å². The Labute approximate surface area is 250 Å². The number of aromatic nitrogens is 6. The van der Waals surface area contributed by atoms with Crippen LogP contribution in [-0.2, 0) is 0 Å². The number of pyridine rings is 4. The molecular weight excluding hydrogens is 569 g/mol. The first-order valence-electron chi connectivity index (χ1n) is 12.3. The predicted octanol–water partition coefficient (Wildman–Crippen LogP) is 6.66. The van der Waals surface area contributed by atoms with Crippen molar-refractivity contribution < 1.29 is 0 Å². The minimum atomic E-state index is 0.298. The van der Waals surface area contributed by atoms with Crippen LogP contribution in [-0.4, -0.2) is 34.9 Å². The zero-order valence-electron chi connectivity index (χ0n) is 22.0. The maximum absolute atomic E-state index is 8.93. The van der Waals surface area contributed by atoms with Crippen molar-refractivity contribution in [3.63, 3.8) is 0 Å². The van der Waals surface area contributed by atoms with E-state index in [0.717, 1.165) is 53.7 Å². The minimum Gasteiger partial charge on any atom is -0.388 e. The summed E-state index contributed by atoms with van der Waals surface area (Å²) in [6.45, 7) is 3.92. The molecule has 6 aromatic heterocycles. The molecule has 0 atom stereocenters. The van der Waals surface area contributed by atoms with Gasteiger partial charge in [0, 0.05) is 35.9 Å². The Bertz CT molecular complexity index is 1860. The highest BCUT2D eigenvalue weighted by Crippen LogP contribution is 2.35. The van der Waals surface area contributed by atoms with E-state index in [-0.39, 0.29) is 0 Å². The van der Waals surface area contributed by atoms with Crippen LogP contribution in [0, 0.1) is 25.2 Å². The Hall–Kier alpha value is -4.76. The lowest BCUT2D eigenvalue weighted by atomic mass is 10.2. The van der Waals surface area contributed by atoms with E-state index in [2.05, 4.69) is 36.0 Å². The fourth-order valence-electron chi connectivity index (χ4n) is 3.82. The van der Waals surface area contributed by atoms with E-state index in [4.69, 9.17) is 23.2 Å². The van der Waals surface area contributed by atoms with E-state index in [1.807, 2.05) is 68.4 Å². The van der Waals surface area contributed by atoms with E-state index in [1.54, 1.807) is 53.5 Å². The van der Waals surface area contributed by atoms with E-state index in [1.165, 1.54) is 0 Å². The normalized spacial score (nSPS) is 10.4. The third-order valence-corrected chi connectivity index (χ3v) is 8.41. The molecule has 11 heteroatoms. The Kier molecular flexibility index (Phi) is 8.55. The third-order valence-electron chi connectivity index (χ3n) is 5.74. The molecule has 200 valence electrons. The first-order valence-corrected chi connectivity index (χ1v) is 14.4. The van der Waals surface area contributed by atoms with Crippen LogP contribution in [0.5, 0.6) is 0 Å². The molecule has 0 radical (unpaired) electrons. The van der Waals surface area contributed by atoms with Gasteiger partial charge in [0.1, 0.15) is 26.8 Å². The number of hydrogen-bond donors (Lipinski definition) is 1. The zero-order valence-corrected chi connectivity index (χ0v) is 24.5. The van der Waals surface area contributed by atoms with Gasteiger partial charge in [0.05, 0.1) is 38.2 Å². The maximum Gasteiger partial charge on any atom is 0.141 e. The SMILES string of the molecule is Cc1nc(-c2cccnc2)sc1-c1cccc(C#N)n1.Cc1nc(-c2cccnc2)sc1-c1cccc(C(N)=S)n1. The highest BCUT2D eigenvalue weighted by molar-refractivity contribution is 7.80. The van der Waals surface area contributed by atoms with Gasteiger partial charge in [-0.1, -0.05) is 24.4 Å². The highest BCUT2D eigenvalue weighted by Gasteiger charge is 2.14. The Balaban J connectivity index is 0.000000165. The lowest BCUT2D eigenvalue weighted by molar-refractivity contribution is 1.23. The maximum atomic E-state index is 8.93. The summed E-state index contributed by atoms with van der Waals surface area (Å²) in [5.41, 5.74) is 12.1. The quantitative estimate of drug-likeness (QED) is 0.219. The Morgan fingerprint density at radius 1 is 0.732 bits per heavy atom. The zero-order chi connectivity index (χ0) is 28.8. The summed E-state index contributed by atoms with van der Waals surface area (Å²) in [6.07, 6.45) is 7.09. The lowest BCUT2D eigenvalue weighted by Crippen LogP contribution is -2.11. The molecule has 6 aromatic rings. The van der Waals surface area contributed by atoms with Crippen molar-refractivity contribution in [1.82, 2.24) is 29.9 Å². The number of nitrogens with two attached hydrogens (primary N) is 1. The summed E-state index contributed by atoms with van der Waals surface area (Å²) >= 11 is 8.13. The molecule has 0 aliphatic rings. The van der Waals surface area contributed by atoms with Crippen LogP contribution in [0.2, 0.25) is 0 Å². The Morgan fingerprint density at radius 2 is 1.27 bits per heavy atom. The smallest absolute Gasteiger partial charge is 0.141 e. The molecule has 0 aliphatic heterocycles. The second-order valence-corrected chi connectivity index (χ2v) is 11.1. The number of nitrogens with zero attached hydrogens (tertiary/aromatic N) is 7. The van der Waals surface area contributed by atoms with Crippen molar-refractivity contribution in [3.05, 3.63) is 108 Å². The third kappa shape index (κ3) is 6.53. The van der Waals surface area contributed by atoms with Crippen molar-refractivity contribution in [2.75, 3.05) is 0 Å². The second kappa shape index (κ2) is 12.6. The largest absolute Gasteiger partial charge is 0.388 e. The molecule has 6 rings (SSSR count). The van der Waals surface area contributed by atoms with Gasteiger partial charge in [-0.15, -0.1) is 22.7 Å². The van der Waals surface area contributed by atoms with Crippen LogP contribution in [0.25, 0.3) is 42.3 Å². The molecule has 0 unspecified atom stereocenters. The molecule has 8 nitrogen and oxygen atoms in total. The van der Waals surface area contributed by atoms with E-state index in [9.17, 15) is 0 Å². The van der Waals surface area contributed by atoms with Gasteiger partial charge in [0.25, 0.3) is 0 Å². The van der Waals surface area contributed by atoms with Crippen molar-refractivity contribution in [2.24, 2.45) is 5.73 Å². The fourth-order valence-corrected chi connectivity index (χ4v) is 5.98. The van der Waals surface area contributed by atoms with Crippen molar-refractivity contribution in [2.45, 2.75) is 13.8 Å². The number of thiazole rings is 2. The van der Waals surface area contributed by atoms with E-state index >= 15 is 0 Å². The molecule has 0 aliphatic carbocycles. The second-order valence-electron chi connectivity index (χ2n) is 8.64. The summed E-state index contributed by atoms with van der Waals surface area (Å²) < 4.78 is 0. The first-order chi connectivity index (χ1) is 19.9. The lowest BCUT2D eigenvalue weighted by Gasteiger charge is -2.01. The van der Waals surface area contributed by atoms with E-state index < -0.39 is 0 Å². The van der Waals surface area contributed by atoms with Crippen molar-refractivity contribution in [3.8, 4) is 48.4 Å². The van der Waals surface area contributed by atoms with Gasteiger partial charge in [-0.25, -0.2) is 19.9 Å². The summed E-state index contributed by atoms with van der Waals surface area (Å²) in [7, 11) is 0. The first kappa shape index (κ1) is 27.8. The summed E-state index contributed by atoms with van der Waals surface area (Å²) in [5, 5.41) is 10.8. The molecular formula is C30H22N8S3. The van der Waals surface area contributed by atoms with Crippen LogP contribution in [0.3, 0.4) is 0 Å². The molecule has 0 aromatic carbocycles. The van der Waals surface area contributed by atoms with Crippen LogP contribution in [0.1, 0.15) is 22.8 Å². The summed E-state index contributed by atoms with van der Waals surface area (Å²) in [4.78, 5) is 28.5. The Morgan fingerprint density at radius 3 is 1.76 bits per heavy atom. The average Bonchev–Trinajstić information content (AvgIpc) is 3.61. The standard InChI is InChI=1S/C15H12N4S2.C15H10N4S/c1-9-13(11-5-2-6-12(19-11)14(16)20)21-15(18-9)10-4-3-7-17-8-10;1-10-14(13-6-2-5-12(8-16)19-13)20-15(18-10)11-4-3-7-17-9-11/h2-8H,1H3,(H2,16,20);2-7,9H,1H3. The number of thiocarbonyl (C=S) groups is 1. The molecule has 41 heavy (non-hydrogen) atoms. The van der Waals surface area contributed by atoms with Crippen LogP contribution in [0.15, 0.2) is 85.5 Å². The molecule has 0 amide bonds. The highest BCUT2D eigenvalue weighted by atomic mass is 32.1. The number of rotatable bonds is 5. The molecule has 0 bridgehead atoms. The molecule has 0 saturated carbocycles. The minimum absolute atomic E-state index is 0.298. The average molecular weight is 591 g/mol. The predicted molar refractivity (Wildman–Crippen MR) is 167 cm³/mol. The molecule has 6 heterocycles. The van der Waals surface area contributed by atoms with Crippen LogP contribution >= 0.6 is 34.9 Å². The molecule has 0 spiro atoms. The summed E-state index contributed by atoms with van der Waals surface area (Å²) in [5.74, 6) is 0. The molecule has 0 saturated heterocycles. The van der Waals surface area contributed by atoms with Gasteiger partial charge in [-0.2, -0.15) is 5.26 Å². The van der Waals surface area contributed by atoms with Gasteiger partial charge in [0.2, 0.25) is 0 Å². The van der Waals surface area contributed by atoms with Crippen LogP contribution in [0.4, 0.5) is 0 Å². The van der Waals surface area contributed by atoms with Gasteiger partial charge in [-0.05, 0) is 62.4 Å². The molecule has 2 N–H and O–H groups in total. The summed E-state index contributed by atoms with van der Waals surface area (Å²) in [6, 6.07) is 20.9. The number of aryl methyl sites for hydroxylation is 2.